The molecule has 0 aromatic carbocycles. The minimum absolute atomic E-state index is 0.114. The average Bonchev–Trinajstić information content (AvgIpc) is 2.21. The molecule has 1 heterocycles. The van der Waals surface area contributed by atoms with Crippen molar-refractivity contribution >= 4 is 5.69 Å². The van der Waals surface area contributed by atoms with E-state index in [2.05, 4.69) is 10.3 Å². The van der Waals surface area contributed by atoms with E-state index in [1.807, 2.05) is 14.0 Å². The van der Waals surface area contributed by atoms with E-state index in [4.69, 9.17) is 10.5 Å². The number of nitrogens with two attached hydrogens (primary N) is 1. The van der Waals surface area contributed by atoms with Crippen LogP contribution in [0.1, 0.15) is 18.5 Å². The molecule has 1 unspecified atom stereocenters. The van der Waals surface area contributed by atoms with Crippen molar-refractivity contribution in [3.63, 3.8) is 0 Å². The third-order valence-corrected chi connectivity index (χ3v) is 2.10. The highest BCUT2D eigenvalue weighted by molar-refractivity contribution is 5.46. The minimum Gasteiger partial charge on any atom is -0.398 e. The normalized spacial score (nSPS) is 12.7. The number of anilines is 1. The molecule has 0 bridgehead atoms. The molecule has 1 aromatic rings. The topological polar surface area (TPSA) is 60.2 Å². The second-order valence-corrected chi connectivity index (χ2v) is 3.01. The van der Waals surface area contributed by atoms with E-state index in [1.165, 1.54) is 0 Å². The van der Waals surface area contributed by atoms with E-state index in [9.17, 15) is 0 Å². The molecule has 0 fully saturated rings. The lowest BCUT2D eigenvalue weighted by Crippen LogP contribution is -2.23. The van der Waals surface area contributed by atoms with Crippen molar-refractivity contribution in [1.29, 1.82) is 0 Å². The third-order valence-electron chi connectivity index (χ3n) is 2.10. The fourth-order valence-electron chi connectivity index (χ4n) is 1.27. The summed E-state index contributed by atoms with van der Waals surface area (Å²) in [6.45, 7) is 3.29. The molecule has 1 rings (SSSR count). The standard InChI is InChI=1S/C10H17N3O/c1-3-14-7-10(12-2)8-6-13-5-4-9(8)11/h4-6,10,12H,3,7H2,1-2H3,(H2,11,13). The van der Waals surface area contributed by atoms with Gasteiger partial charge in [-0.3, -0.25) is 4.98 Å². The first-order valence-electron chi connectivity index (χ1n) is 4.74. The Labute approximate surface area is 84.5 Å². The zero-order valence-electron chi connectivity index (χ0n) is 8.66. The highest BCUT2D eigenvalue weighted by Gasteiger charge is 2.11. The maximum Gasteiger partial charge on any atom is 0.0662 e. The van der Waals surface area contributed by atoms with Crippen LogP contribution in [0.3, 0.4) is 0 Å². The summed E-state index contributed by atoms with van der Waals surface area (Å²) in [7, 11) is 1.89. The van der Waals surface area contributed by atoms with Crippen LogP contribution in [0.2, 0.25) is 0 Å². The van der Waals surface area contributed by atoms with Crippen molar-refractivity contribution in [1.82, 2.24) is 10.3 Å². The number of hydrogen-bond donors (Lipinski definition) is 2. The molecular weight excluding hydrogens is 178 g/mol. The molecule has 4 heteroatoms. The summed E-state index contributed by atoms with van der Waals surface area (Å²) in [6, 6.07) is 1.91. The second-order valence-electron chi connectivity index (χ2n) is 3.01. The van der Waals surface area contributed by atoms with Gasteiger partial charge in [0.25, 0.3) is 0 Å². The number of pyridine rings is 1. The Bertz CT molecular complexity index is 278. The summed E-state index contributed by atoms with van der Waals surface area (Å²) in [6.07, 6.45) is 3.46. The van der Waals surface area contributed by atoms with Crippen molar-refractivity contribution in [2.24, 2.45) is 0 Å². The molecule has 0 saturated heterocycles. The van der Waals surface area contributed by atoms with Gasteiger partial charge in [-0.15, -0.1) is 0 Å². The first-order chi connectivity index (χ1) is 6.79. The van der Waals surface area contributed by atoms with Gasteiger partial charge in [0.15, 0.2) is 0 Å². The van der Waals surface area contributed by atoms with Gasteiger partial charge in [-0.2, -0.15) is 0 Å². The number of likely N-dealkylation sites (N-methyl/N-ethyl adjacent to an activating group) is 1. The predicted octanol–water partition coefficient (Wildman–Crippen LogP) is 0.961. The summed E-state index contributed by atoms with van der Waals surface area (Å²) in [5, 5.41) is 3.15. The maximum atomic E-state index is 5.83. The molecule has 78 valence electrons. The average molecular weight is 195 g/mol. The van der Waals surface area contributed by atoms with Crippen molar-refractivity contribution in [2.45, 2.75) is 13.0 Å². The summed E-state index contributed by atoms with van der Waals surface area (Å²) in [5.74, 6) is 0. The van der Waals surface area contributed by atoms with Crippen LogP contribution in [-0.4, -0.2) is 25.2 Å². The number of nitrogens with one attached hydrogen (secondary N) is 1. The number of nitrogens with zero attached hydrogens (tertiary/aromatic N) is 1. The Morgan fingerprint density at radius 2 is 2.43 bits per heavy atom. The summed E-state index contributed by atoms with van der Waals surface area (Å²) >= 11 is 0. The Balaban J connectivity index is 2.73. The van der Waals surface area contributed by atoms with Gasteiger partial charge in [0.1, 0.15) is 0 Å². The van der Waals surface area contributed by atoms with Gasteiger partial charge in [-0.25, -0.2) is 0 Å². The van der Waals surface area contributed by atoms with Crippen LogP contribution in [0.5, 0.6) is 0 Å². The highest BCUT2D eigenvalue weighted by atomic mass is 16.5. The molecule has 0 aliphatic rings. The molecule has 0 aliphatic heterocycles. The van der Waals surface area contributed by atoms with Gasteiger partial charge >= 0.3 is 0 Å². The molecule has 4 nitrogen and oxygen atoms in total. The van der Waals surface area contributed by atoms with E-state index in [0.717, 1.165) is 11.3 Å². The van der Waals surface area contributed by atoms with E-state index >= 15 is 0 Å². The zero-order chi connectivity index (χ0) is 10.4. The van der Waals surface area contributed by atoms with Crippen LogP contribution in [0.25, 0.3) is 0 Å². The van der Waals surface area contributed by atoms with Crippen LogP contribution in [-0.2, 0) is 4.74 Å². The molecule has 0 spiro atoms. The predicted molar refractivity (Wildman–Crippen MR) is 56.9 cm³/mol. The maximum absolute atomic E-state index is 5.83. The molecule has 3 N–H and O–H groups in total. The Kier molecular flexibility index (Phi) is 4.35. The van der Waals surface area contributed by atoms with Crippen LogP contribution in [0.15, 0.2) is 18.5 Å². The second kappa shape index (κ2) is 5.57. The quantitative estimate of drug-likeness (QED) is 0.734. The third kappa shape index (κ3) is 2.68. The van der Waals surface area contributed by atoms with E-state index in [-0.39, 0.29) is 6.04 Å². The first kappa shape index (κ1) is 10.9. The van der Waals surface area contributed by atoms with Crippen molar-refractivity contribution in [2.75, 3.05) is 26.0 Å². The van der Waals surface area contributed by atoms with Crippen LogP contribution in [0.4, 0.5) is 5.69 Å². The molecular formula is C10H17N3O. The Hall–Kier alpha value is -1.13. The number of rotatable bonds is 5. The molecule has 0 radical (unpaired) electrons. The molecule has 0 amide bonds. The summed E-state index contributed by atoms with van der Waals surface area (Å²) in [5.41, 5.74) is 7.57. The first-order valence-corrected chi connectivity index (χ1v) is 4.74. The number of aromatic nitrogens is 1. The fourth-order valence-corrected chi connectivity index (χ4v) is 1.27. The minimum atomic E-state index is 0.114. The fraction of sp³-hybridized carbons (Fsp3) is 0.500. The molecule has 1 atom stereocenters. The molecule has 1 aromatic heterocycles. The van der Waals surface area contributed by atoms with Crippen LogP contribution >= 0.6 is 0 Å². The molecule has 0 saturated carbocycles. The van der Waals surface area contributed by atoms with E-state index in [0.29, 0.717) is 13.2 Å². The van der Waals surface area contributed by atoms with Gasteiger partial charge in [-0.05, 0) is 20.0 Å². The summed E-state index contributed by atoms with van der Waals surface area (Å²) in [4.78, 5) is 4.05. The van der Waals surface area contributed by atoms with Crippen molar-refractivity contribution in [3.8, 4) is 0 Å². The van der Waals surface area contributed by atoms with Crippen LogP contribution in [0, 0.1) is 0 Å². The monoisotopic (exact) mass is 195 g/mol. The van der Waals surface area contributed by atoms with Gasteiger partial charge in [0.2, 0.25) is 0 Å². The SMILES string of the molecule is CCOCC(NC)c1cnccc1N. The largest absolute Gasteiger partial charge is 0.398 e. The highest BCUT2D eigenvalue weighted by Crippen LogP contribution is 2.18. The Morgan fingerprint density at radius 3 is 3.00 bits per heavy atom. The smallest absolute Gasteiger partial charge is 0.0662 e. The van der Waals surface area contributed by atoms with E-state index in [1.54, 1.807) is 18.5 Å². The van der Waals surface area contributed by atoms with Gasteiger partial charge in [0, 0.05) is 30.3 Å². The van der Waals surface area contributed by atoms with Gasteiger partial charge in [-0.1, -0.05) is 0 Å². The molecule has 0 aliphatic carbocycles. The number of ether oxygens (including phenoxy) is 1. The van der Waals surface area contributed by atoms with Crippen molar-refractivity contribution in [3.05, 3.63) is 24.0 Å². The summed E-state index contributed by atoms with van der Waals surface area (Å²) < 4.78 is 5.35. The molecule has 14 heavy (non-hydrogen) atoms. The van der Waals surface area contributed by atoms with Gasteiger partial charge < -0.3 is 15.8 Å². The Morgan fingerprint density at radius 1 is 1.64 bits per heavy atom. The lowest BCUT2D eigenvalue weighted by atomic mass is 10.1. The van der Waals surface area contributed by atoms with Crippen molar-refractivity contribution < 1.29 is 4.74 Å². The number of hydrogen-bond acceptors (Lipinski definition) is 4. The lowest BCUT2D eigenvalue weighted by molar-refractivity contribution is 0.125. The van der Waals surface area contributed by atoms with E-state index < -0.39 is 0 Å². The van der Waals surface area contributed by atoms with Crippen LogP contribution < -0.4 is 11.1 Å². The lowest BCUT2D eigenvalue weighted by Gasteiger charge is -2.17. The van der Waals surface area contributed by atoms with Gasteiger partial charge in [0.05, 0.1) is 12.6 Å². The number of nitrogen functional groups attached to an aromatic ring is 1. The zero-order valence-corrected chi connectivity index (χ0v) is 8.66.